The third-order valence-corrected chi connectivity index (χ3v) is 13.6. The van der Waals surface area contributed by atoms with E-state index in [1.54, 1.807) is 17.2 Å². The van der Waals surface area contributed by atoms with E-state index in [2.05, 4.69) is 66.6 Å². The van der Waals surface area contributed by atoms with Gasteiger partial charge in [-0.25, -0.2) is 22.4 Å². The van der Waals surface area contributed by atoms with Crippen LogP contribution in [0.15, 0.2) is 33.1 Å². The molecule has 0 aliphatic carbocycles. The number of nitrogens with two attached hydrogens (primary N) is 1. The number of carbonyl (C=O) groups excluding carboxylic acids is 1. The maximum atomic E-state index is 14.3. The highest BCUT2D eigenvalue weighted by atomic mass is 127. The number of aromatic nitrogens is 2. The van der Waals surface area contributed by atoms with E-state index in [1.807, 2.05) is 0 Å². The third-order valence-electron chi connectivity index (χ3n) is 6.14. The lowest BCUT2D eigenvalue weighted by molar-refractivity contribution is 0.222. The Balaban J connectivity index is 1.84. The average Bonchev–Trinajstić information content (AvgIpc) is 3.39. The molecule has 1 saturated heterocycles. The Morgan fingerprint density at radius 1 is 1.15 bits per heavy atom. The lowest BCUT2D eigenvalue weighted by atomic mass is 10.3. The minimum atomic E-state index is -3.98. The summed E-state index contributed by atoms with van der Waals surface area (Å²) in [7, 11) is -9.08. The summed E-state index contributed by atoms with van der Waals surface area (Å²) in [6.45, 7) is 8.05. The van der Waals surface area contributed by atoms with Crippen molar-refractivity contribution < 1.29 is 17.4 Å². The molecule has 0 unspecified atom stereocenters. The number of hydrogen-bond acceptors (Lipinski definition) is 8. The smallest absolute Gasteiger partial charge is 0.321 e. The second kappa shape index (κ2) is 14.0. The van der Waals surface area contributed by atoms with Crippen LogP contribution in [0, 0.1) is 3.57 Å². The van der Waals surface area contributed by atoms with Crippen molar-refractivity contribution in [3.63, 3.8) is 0 Å². The Morgan fingerprint density at radius 2 is 1.85 bits per heavy atom. The van der Waals surface area contributed by atoms with Gasteiger partial charge in [0, 0.05) is 51.0 Å². The fourth-order valence-corrected chi connectivity index (χ4v) is 11.9. The summed E-state index contributed by atoms with van der Waals surface area (Å²) >= 11 is 7.98. The van der Waals surface area contributed by atoms with Crippen molar-refractivity contribution in [2.45, 2.75) is 56.3 Å². The zero-order valence-electron chi connectivity index (χ0n) is 23.0. The predicted octanol–water partition coefficient (Wildman–Crippen LogP) is 5.33. The topological polar surface area (TPSA) is 160 Å². The van der Waals surface area contributed by atoms with Gasteiger partial charge < -0.3 is 21.3 Å². The Hall–Kier alpha value is -1.69. The van der Waals surface area contributed by atoms with Crippen LogP contribution in [-0.2, 0) is 19.8 Å². The van der Waals surface area contributed by atoms with Crippen molar-refractivity contribution in [2.75, 3.05) is 47.5 Å². The van der Waals surface area contributed by atoms with Gasteiger partial charge in [0.2, 0.25) is 5.28 Å². The maximum absolute atomic E-state index is 14.3. The van der Waals surface area contributed by atoms with E-state index >= 15 is 0 Å². The Kier molecular flexibility index (Phi) is 11.5. The molecule has 2 aromatic rings. The van der Waals surface area contributed by atoms with Crippen LogP contribution in [-0.4, -0.2) is 72.7 Å². The number of nitrogen functional groups attached to an aromatic ring is 1. The number of benzene rings is 1. The largest absolute Gasteiger partial charge is 0.399 e. The standard InChI is InChI=1S/C24H37ClIN7O4S2Si/c1-40(2,3)13-12-39(36,37)32-38(35,11-7-4-8-28-22-21(26)17-29-23(25)31-22)20-15-18(27)14-19(16-20)30-24(34)33-9-5-6-10-33/h14-17H,4-13,27H2,1-3H3,(H,30,34)(H,28,29,31)/t38-/m0/s1. The van der Waals surface area contributed by atoms with Crippen molar-refractivity contribution >= 4 is 85.2 Å². The molecule has 2 heterocycles. The summed E-state index contributed by atoms with van der Waals surface area (Å²) < 4.78 is 45.3. The number of hydrogen-bond donors (Lipinski definition) is 3. The number of sulfonamides is 1. The number of halogens is 2. The first-order chi connectivity index (χ1) is 18.7. The van der Waals surface area contributed by atoms with Gasteiger partial charge in [-0.2, -0.15) is 4.98 Å². The number of likely N-dealkylation sites (tertiary alicyclic amines) is 1. The van der Waals surface area contributed by atoms with Crippen molar-refractivity contribution in [1.29, 1.82) is 0 Å². The number of rotatable bonds is 12. The molecule has 222 valence electrons. The second-order valence-electron chi connectivity index (χ2n) is 10.9. The van der Waals surface area contributed by atoms with Gasteiger partial charge in [-0.1, -0.05) is 19.6 Å². The Morgan fingerprint density at radius 3 is 2.52 bits per heavy atom. The number of anilines is 3. The Labute approximate surface area is 256 Å². The molecular formula is C24H37ClIN7O4S2Si. The normalized spacial score (nSPS) is 15.5. The first kappa shape index (κ1) is 32.8. The van der Waals surface area contributed by atoms with Crippen LogP contribution < -0.4 is 16.4 Å². The molecule has 1 aliphatic rings. The summed E-state index contributed by atoms with van der Waals surface area (Å²) in [6, 6.07) is 4.80. The second-order valence-corrected chi connectivity index (χ2v) is 22.4. The van der Waals surface area contributed by atoms with Gasteiger partial charge in [0.1, 0.15) is 5.82 Å². The SMILES string of the molecule is C[Si](C)(C)CCS(=O)(=O)N=[S@](=O)(CCCCNc1nc(Cl)ncc1I)c1cc(N)cc(NC(=O)N2CCCC2)c1. The molecule has 16 heteroatoms. The van der Waals surface area contributed by atoms with Crippen LogP contribution >= 0.6 is 34.2 Å². The number of nitrogens with one attached hydrogen (secondary N) is 2. The first-order valence-electron chi connectivity index (χ1n) is 13.0. The zero-order valence-corrected chi connectivity index (χ0v) is 28.5. The van der Waals surface area contributed by atoms with E-state index in [4.69, 9.17) is 17.3 Å². The van der Waals surface area contributed by atoms with Gasteiger partial charge in [0.15, 0.2) is 0 Å². The van der Waals surface area contributed by atoms with Crippen LogP contribution in [0.4, 0.5) is 22.0 Å². The van der Waals surface area contributed by atoms with Crippen molar-refractivity contribution in [3.8, 4) is 0 Å². The lowest BCUT2D eigenvalue weighted by Crippen LogP contribution is -2.32. The van der Waals surface area contributed by atoms with Crippen LogP contribution in [0.1, 0.15) is 25.7 Å². The van der Waals surface area contributed by atoms with Crippen LogP contribution in [0.3, 0.4) is 0 Å². The summed E-state index contributed by atoms with van der Waals surface area (Å²) in [4.78, 5) is 22.6. The molecule has 1 aromatic heterocycles. The molecule has 0 spiro atoms. The summed E-state index contributed by atoms with van der Waals surface area (Å²) in [5, 5.41) is 6.12. The molecule has 0 saturated carbocycles. The quantitative estimate of drug-likeness (QED) is 0.0866. The average molecular weight is 742 g/mol. The summed E-state index contributed by atoms with van der Waals surface area (Å²) in [5.74, 6) is 0.440. The number of urea groups is 1. The predicted molar refractivity (Wildman–Crippen MR) is 174 cm³/mol. The molecule has 0 bridgehead atoms. The van der Waals surface area contributed by atoms with E-state index < -0.39 is 27.8 Å². The van der Waals surface area contributed by atoms with E-state index in [0.29, 0.717) is 50.0 Å². The van der Waals surface area contributed by atoms with E-state index in [1.165, 1.54) is 12.1 Å². The summed E-state index contributed by atoms with van der Waals surface area (Å²) in [5.41, 5.74) is 6.73. The van der Waals surface area contributed by atoms with Crippen molar-refractivity contribution in [3.05, 3.63) is 33.2 Å². The lowest BCUT2D eigenvalue weighted by Gasteiger charge is -2.18. The van der Waals surface area contributed by atoms with Crippen LogP contribution in [0.25, 0.3) is 0 Å². The molecule has 1 atom stereocenters. The van der Waals surface area contributed by atoms with Gasteiger partial charge in [-0.3, -0.25) is 0 Å². The molecule has 11 nitrogen and oxygen atoms in total. The molecule has 4 N–H and O–H groups in total. The third kappa shape index (κ3) is 10.3. The maximum Gasteiger partial charge on any atom is 0.321 e. The van der Waals surface area contributed by atoms with Crippen LogP contribution in [0.5, 0.6) is 0 Å². The highest BCUT2D eigenvalue weighted by molar-refractivity contribution is 14.1. The van der Waals surface area contributed by atoms with Gasteiger partial charge in [0.05, 0.1) is 23.9 Å². The molecule has 0 radical (unpaired) electrons. The summed E-state index contributed by atoms with van der Waals surface area (Å²) in [6.07, 6.45) is 4.47. The number of carbonyl (C=O) groups is 1. The van der Waals surface area contributed by atoms with Crippen molar-refractivity contribution in [2.24, 2.45) is 3.77 Å². The van der Waals surface area contributed by atoms with Gasteiger partial charge in [-0.05, 0) is 84.1 Å². The zero-order chi connectivity index (χ0) is 29.6. The molecule has 2 amide bonds. The van der Waals surface area contributed by atoms with Gasteiger partial charge in [-0.15, -0.1) is 3.77 Å². The number of unbranched alkanes of at least 4 members (excludes halogenated alkanes) is 1. The van der Waals surface area contributed by atoms with E-state index in [0.717, 1.165) is 16.4 Å². The molecular weight excluding hydrogens is 705 g/mol. The van der Waals surface area contributed by atoms with Crippen LogP contribution in [0.2, 0.25) is 31.0 Å². The minimum Gasteiger partial charge on any atom is -0.399 e. The molecule has 40 heavy (non-hydrogen) atoms. The highest BCUT2D eigenvalue weighted by Crippen LogP contribution is 2.26. The molecule has 3 rings (SSSR count). The monoisotopic (exact) mass is 741 g/mol. The van der Waals surface area contributed by atoms with E-state index in [-0.39, 0.29) is 33.4 Å². The molecule has 1 fully saturated rings. The first-order valence-corrected chi connectivity index (χ1v) is 21.5. The van der Waals surface area contributed by atoms with Gasteiger partial charge >= 0.3 is 6.03 Å². The number of nitrogens with zero attached hydrogens (tertiary/aromatic N) is 4. The fraction of sp³-hybridized carbons (Fsp3) is 0.542. The van der Waals surface area contributed by atoms with Gasteiger partial charge in [0.25, 0.3) is 10.0 Å². The number of amides is 2. The highest BCUT2D eigenvalue weighted by Gasteiger charge is 2.24. The minimum absolute atomic E-state index is 0.00540. The fourth-order valence-electron chi connectivity index (χ4n) is 3.95. The molecule has 1 aromatic carbocycles. The molecule has 1 aliphatic heterocycles. The Bertz CT molecular complexity index is 1440. The van der Waals surface area contributed by atoms with E-state index in [9.17, 15) is 17.4 Å². The van der Waals surface area contributed by atoms with Crippen molar-refractivity contribution in [1.82, 2.24) is 14.9 Å².